The average molecular weight is 426 g/mol. The third kappa shape index (κ3) is 5.15. The molecule has 0 saturated heterocycles. The summed E-state index contributed by atoms with van der Waals surface area (Å²) in [6.45, 7) is 1.74. The highest BCUT2D eigenvalue weighted by atomic mass is 32.1. The number of aromatic nitrogens is 1. The Morgan fingerprint density at radius 2 is 1.80 bits per heavy atom. The van der Waals surface area contributed by atoms with Gasteiger partial charge in [-0.2, -0.15) is 0 Å². The van der Waals surface area contributed by atoms with Crippen LogP contribution in [0.1, 0.15) is 23.7 Å². The molecule has 30 heavy (non-hydrogen) atoms. The molecule has 2 aromatic carbocycles. The van der Waals surface area contributed by atoms with Crippen molar-refractivity contribution in [3.63, 3.8) is 0 Å². The Morgan fingerprint density at radius 3 is 2.47 bits per heavy atom. The predicted octanol–water partition coefficient (Wildman–Crippen LogP) is 4.44. The minimum absolute atomic E-state index is 0.0182. The molecule has 1 N–H and O–H groups in total. The molecule has 0 spiro atoms. The molecule has 0 unspecified atom stereocenters. The van der Waals surface area contributed by atoms with Gasteiger partial charge in [-0.05, 0) is 42.5 Å². The first kappa shape index (κ1) is 21.3. The Bertz CT molecular complexity index is 1030. The van der Waals surface area contributed by atoms with E-state index >= 15 is 0 Å². The van der Waals surface area contributed by atoms with Crippen LogP contribution in [-0.4, -0.2) is 37.5 Å². The number of ether oxygens (including phenoxy) is 3. The number of benzene rings is 2. The van der Waals surface area contributed by atoms with Crippen molar-refractivity contribution in [1.29, 1.82) is 0 Å². The molecule has 0 saturated carbocycles. The Balaban J connectivity index is 1.69. The fourth-order valence-electron chi connectivity index (χ4n) is 2.58. The second-order valence-corrected chi connectivity index (χ2v) is 7.13. The number of rotatable bonds is 9. The highest BCUT2D eigenvalue weighted by Crippen LogP contribution is 2.30. The molecule has 3 rings (SSSR count). The minimum Gasteiger partial charge on any atom is -0.497 e. The van der Waals surface area contributed by atoms with Crippen molar-refractivity contribution in [2.24, 2.45) is 0 Å². The van der Waals surface area contributed by atoms with Crippen LogP contribution in [0.3, 0.4) is 0 Å². The van der Waals surface area contributed by atoms with Gasteiger partial charge in [-0.3, -0.25) is 14.9 Å². The maximum absolute atomic E-state index is 12.6. The zero-order valence-corrected chi connectivity index (χ0v) is 17.7. The summed E-state index contributed by atoms with van der Waals surface area (Å²) in [5.41, 5.74) is 2.08. The van der Waals surface area contributed by atoms with Crippen molar-refractivity contribution in [2.75, 3.05) is 26.1 Å². The van der Waals surface area contributed by atoms with E-state index in [9.17, 15) is 9.59 Å². The summed E-state index contributed by atoms with van der Waals surface area (Å²) in [7, 11) is 3.09. The number of anilines is 1. The van der Waals surface area contributed by atoms with E-state index in [1.54, 1.807) is 32.2 Å². The average Bonchev–Trinajstić information content (AvgIpc) is 3.25. The van der Waals surface area contributed by atoms with E-state index in [-0.39, 0.29) is 18.3 Å². The molecule has 1 amide bonds. The zero-order chi connectivity index (χ0) is 21.5. The van der Waals surface area contributed by atoms with Crippen molar-refractivity contribution >= 4 is 28.2 Å². The first-order valence-corrected chi connectivity index (χ1v) is 10.2. The third-order valence-corrected chi connectivity index (χ3v) is 5.08. The van der Waals surface area contributed by atoms with E-state index in [0.29, 0.717) is 28.6 Å². The fourth-order valence-corrected chi connectivity index (χ4v) is 3.30. The summed E-state index contributed by atoms with van der Waals surface area (Å²) in [6, 6.07) is 12.3. The Kier molecular flexibility index (Phi) is 7.03. The monoisotopic (exact) mass is 426 g/mol. The summed E-state index contributed by atoms with van der Waals surface area (Å²) >= 11 is 1.34. The number of nitrogens with one attached hydrogen (secondary N) is 1. The number of hydrogen-bond acceptors (Lipinski definition) is 7. The maximum Gasteiger partial charge on any atom is 0.257 e. The smallest absolute Gasteiger partial charge is 0.257 e. The molecule has 156 valence electrons. The lowest BCUT2D eigenvalue weighted by atomic mass is 10.2. The predicted molar refractivity (Wildman–Crippen MR) is 116 cm³/mol. The van der Waals surface area contributed by atoms with Crippen LogP contribution in [0.4, 0.5) is 5.13 Å². The van der Waals surface area contributed by atoms with Crippen LogP contribution in [0.15, 0.2) is 47.8 Å². The largest absolute Gasteiger partial charge is 0.497 e. The SMILES string of the molecule is CCC(=O)COc1ccc(C(=O)Nc2nc(-c3ccc(OC)cc3)cs2)cc1OC. The molecule has 8 heteroatoms. The van der Waals surface area contributed by atoms with Gasteiger partial charge in [0.1, 0.15) is 12.4 Å². The topological polar surface area (TPSA) is 86.8 Å². The van der Waals surface area contributed by atoms with Crippen molar-refractivity contribution in [2.45, 2.75) is 13.3 Å². The van der Waals surface area contributed by atoms with Crippen molar-refractivity contribution in [1.82, 2.24) is 4.98 Å². The van der Waals surface area contributed by atoms with Gasteiger partial charge < -0.3 is 14.2 Å². The van der Waals surface area contributed by atoms with E-state index in [1.807, 2.05) is 29.6 Å². The molecule has 7 nitrogen and oxygen atoms in total. The summed E-state index contributed by atoms with van der Waals surface area (Å²) < 4.78 is 15.9. The standard InChI is InChI=1S/C22H22N2O5S/c1-4-16(25)12-29-19-10-7-15(11-20(19)28-3)21(26)24-22-23-18(13-30-22)14-5-8-17(27-2)9-6-14/h5-11,13H,4,12H2,1-3H3,(H,23,24,26). The van der Waals surface area contributed by atoms with Gasteiger partial charge in [0.25, 0.3) is 5.91 Å². The first-order valence-electron chi connectivity index (χ1n) is 9.28. The lowest BCUT2D eigenvalue weighted by molar-refractivity contribution is -0.120. The Hall–Kier alpha value is -3.39. The second kappa shape index (κ2) is 9.89. The number of methoxy groups -OCH3 is 2. The molecular weight excluding hydrogens is 404 g/mol. The van der Waals surface area contributed by atoms with Gasteiger partial charge >= 0.3 is 0 Å². The zero-order valence-electron chi connectivity index (χ0n) is 16.9. The van der Waals surface area contributed by atoms with Crippen LogP contribution in [0.5, 0.6) is 17.2 Å². The van der Waals surface area contributed by atoms with Gasteiger partial charge in [-0.15, -0.1) is 11.3 Å². The van der Waals surface area contributed by atoms with E-state index in [1.165, 1.54) is 18.4 Å². The van der Waals surface area contributed by atoms with Crippen LogP contribution in [0.25, 0.3) is 11.3 Å². The van der Waals surface area contributed by atoms with Crippen LogP contribution in [-0.2, 0) is 4.79 Å². The number of carbonyl (C=O) groups excluding carboxylic acids is 2. The molecule has 0 aliphatic heterocycles. The van der Waals surface area contributed by atoms with Gasteiger partial charge in [0.2, 0.25) is 0 Å². The van der Waals surface area contributed by atoms with E-state index in [2.05, 4.69) is 10.3 Å². The summed E-state index contributed by atoms with van der Waals surface area (Å²) in [6.07, 6.45) is 0.398. The van der Waals surface area contributed by atoms with Crippen molar-refractivity contribution in [3.8, 4) is 28.5 Å². The van der Waals surface area contributed by atoms with Gasteiger partial charge in [0.05, 0.1) is 19.9 Å². The van der Waals surface area contributed by atoms with E-state index in [0.717, 1.165) is 17.0 Å². The molecule has 0 radical (unpaired) electrons. The Labute approximate surface area is 178 Å². The molecular formula is C22H22N2O5S. The van der Waals surface area contributed by atoms with Crippen LogP contribution < -0.4 is 19.5 Å². The molecule has 0 bridgehead atoms. The number of carbonyl (C=O) groups is 2. The molecule has 0 atom stereocenters. The highest BCUT2D eigenvalue weighted by molar-refractivity contribution is 7.14. The second-order valence-electron chi connectivity index (χ2n) is 6.27. The van der Waals surface area contributed by atoms with Gasteiger partial charge in [-0.25, -0.2) is 4.98 Å². The lowest BCUT2D eigenvalue weighted by Crippen LogP contribution is -2.13. The number of thiazole rings is 1. The molecule has 1 heterocycles. The number of nitrogens with zero attached hydrogens (tertiary/aromatic N) is 1. The summed E-state index contributed by atoms with van der Waals surface area (Å²) in [5.74, 6) is 1.22. The molecule has 0 aliphatic carbocycles. The molecule has 0 aliphatic rings. The van der Waals surface area contributed by atoms with Gasteiger partial charge in [-0.1, -0.05) is 6.92 Å². The Morgan fingerprint density at radius 1 is 1.03 bits per heavy atom. The quantitative estimate of drug-likeness (QED) is 0.544. The minimum atomic E-state index is -0.319. The maximum atomic E-state index is 12.6. The van der Waals surface area contributed by atoms with Crippen LogP contribution >= 0.6 is 11.3 Å². The van der Waals surface area contributed by atoms with Gasteiger partial charge in [0, 0.05) is 22.9 Å². The highest BCUT2D eigenvalue weighted by Gasteiger charge is 2.14. The summed E-state index contributed by atoms with van der Waals surface area (Å²) in [4.78, 5) is 28.6. The molecule has 3 aromatic rings. The molecule has 0 fully saturated rings. The molecule has 1 aromatic heterocycles. The fraction of sp³-hybridized carbons (Fsp3) is 0.227. The summed E-state index contributed by atoms with van der Waals surface area (Å²) in [5, 5.41) is 5.15. The van der Waals surface area contributed by atoms with E-state index < -0.39 is 0 Å². The van der Waals surface area contributed by atoms with Crippen LogP contribution in [0, 0.1) is 0 Å². The lowest BCUT2D eigenvalue weighted by Gasteiger charge is -2.11. The number of hydrogen-bond donors (Lipinski definition) is 1. The van der Waals surface area contributed by atoms with E-state index in [4.69, 9.17) is 14.2 Å². The number of Topliss-reactive ketones (excluding diaryl/α,β-unsaturated/α-hetero) is 1. The first-order chi connectivity index (χ1) is 14.5. The number of ketones is 1. The third-order valence-electron chi connectivity index (χ3n) is 4.32. The van der Waals surface area contributed by atoms with Gasteiger partial charge in [0.15, 0.2) is 22.4 Å². The van der Waals surface area contributed by atoms with Crippen molar-refractivity contribution in [3.05, 3.63) is 53.4 Å². The van der Waals surface area contributed by atoms with Crippen molar-refractivity contribution < 1.29 is 23.8 Å². The normalized spacial score (nSPS) is 10.4. The van der Waals surface area contributed by atoms with Crippen LogP contribution in [0.2, 0.25) is 0 Å². The number of amides is 1.